The third-order valence-electron chi connectivity index (χ3n) is 2.32. The molecule has 0 saturated heterocycles. The molecule has 2 aromatic rings. The molecule has 0 fully saturated rings. The minimum Gasteiger partial charge on any atom is -0.360 e. The number of alkyl halides is 3. The van der Waals surface area contributed by atoms with Crippen LogP contribution in [0.25, 0.3) is 0 Å². The molecule has 1 aromatic heterocycles. The van der Waals surface area contributed by atoms with Crippen molar-refractivity contribution in [2.75, 3.05) is 10.6 Å². The molecule has 0 spiro atoms. The second kappa shape index (κ2) is 6.49. The number of carbonyl (C=O) groups excluding carboxylic acids is 1. The van der Waals surface area contributed by atoms with Crippen molar-refractivity contribution in [3.05, 3.63) is 41.7 Å². The topological polar surface area (TPSA) is 67.2 Å². The second-order valence-corrected chi connectivity index (χ2v) is 3.98. The predicted molar refractivity (Wildman–Crippen MR) is 72.6 cm³/mol. The minimum atomic E-state index is -4.46. The van der Waals surface area contributed by atoms with Gasteiger partial charge < -0.3 is 9.84 Å². The van der Waals surface area contributed by atoms with Gasteiger partial charge in [0.25, 0.3) is 0 Å². The largest absolute Gasteiger partial charge is 0.416 e. The highest BCUT2D eigenvalue weighted by atomic mass is 35.5. The molecule has 2 amide bonds. The number of aryl methyl sites for hydroxylation is 1. The van der Waals surface area contributed by atoms with Crippen molar-refractivity contribution in [1.82, 2.24) is 5.16 Å². The highest BCUT2D eigenvalue weighted by Crippen LogP contribution is 2.30. The fraction of sp³-hybridized carbons (Fsp3) is 0.167. The Hall–Kier alpha value is -2.22. The van der Waals surface area contributed by atoms with E-state index < -0.39 is 17.8 Å². The first-order valence-electron chi connectivity index (χ1n) is 5.53. The van der Waals surface area contributed by atoms with Crippen LogP contribution < -0.4 is 10.6 Å². The molecule has 0 unspecified atom stereocenters. The average molecular weight is 322 g/mol. The molecule has 5 nitrogen and oxygen atoms in total. The van der Waals surface area contributed by atoms with E-state index in [1.54, 1.807) is 6.92 Å². The molecule has 1 aromatic carbocycles. The summed E-state index contributed by atoms with van der Waals surface area (Å²) in [4.78, 5) is 11.6. The maximum Gasteiger partial charge on any atom is 0.416 e. The Kier molecular flexibility index (Phi) is 5.20. The molecule has 9 heteroatoms. The lowest BCUT2D eigenvalue weighted by molar-refractivity contribution is -0.137. The Morgan fingerprint density at radius 3 is 2.52 bits per heavy atom. The fourth-order valence-electron chi connectivity index (χ4n) is 1.48. The molecule has 0 bridgehead atoms. The smallest absolute Gasteiger partial charge is 0.360 e. The van der Waals surface area contributed by atoms with Gasteiger partial charge in [-0.25, -0.2) is 4.79 Å². The lowest BCUT2D eigenvalue weighted by Gasteiger charge is -2.09. The lowest BCUT2D eigenvalue weighted by atomic mass is 10.2. The zero-order chi connectivity index (χ0) is 14.8. The second-order valence-electron chi connectivity index (χ2n) is 3.98. The van der Waals surface area contributed by atoms with Crippen molar-refractivity contribution in [2.45, 2.75) is 13.1 Å². The first-order valence-corrected chi connectivity index (χ1v) is 5.53. The molecule has 0 aliphatic carbocycles. The normalized spacial score (nSPS) is 10.7. The van der Waals surface area contributed by atoms with Crippen LogP contribution in [0.2, 0.25) is 0 Å². The first-order chi connectivity index (χ1) is 9.34. The van der Waals surface area contributed by atoms with Crippen LogP contribution in [0.15, 0.2) is 34.9 Å². The van der Waals surface area contributed by atoms with Gasteiger partial charge in [-0.2, -0.15) is 13.2 Å². The summed E-state index contributed by atoms with van der Waals surface area (Å²) in [6.45, 7) is 1.64. The van der Waals surface area contributed by atoms with Crippen molar-refractivity contribution in [3.8, 4) is 0 Å². The first kappa shape index (κ1) is 16.8. The Balaban J connectivity index is 0.00000220. The van der Waals surface area contributed by atoms with Crippen LogP contribution in [0.5, 0.6) is 0 Å². The molecule has 2 N–H and O–H groups in total. The molecular formula is C12H11ClF3N3O2. The molecule has 114 valence electrons. The van der Waals surface area contributed by atoms with Crippen LogP contribution in [-0.4, -0.2) is 11.2 Å². The molecule has 0 saturated carbocycles. The maximum absolute atomic E-state index is 12.5. The Labute approximate surface area is 123 Å². The number of nitrogens with zero attached hydrogens (tertiary/aromatic N) is 1. The molecule has 0 aliphatic rings. The van der Waals surface area contributed by atoms with Crippen molar-refractivity contribution < 1.29 is 22.5 Å². The van der Waals surface area contributed by atoms with Crippen LogP contribution in [0.1, 0.15) is 11.3 Å². The zero-order valence-corrected chi connectivity index (χ0v) is 11.5. The number of aromatic nitrogens is 1. The van der Waals surface area contributed by atoms with Crippen LogP contribution in [-0.2, 0) is 6.18 Å². The summed E-state index contributed by atoms with van der Waals surface area (Å²) >= 11 is 0. The van der Waals surface area contributed by atoms with E-state index in [1.807, 2.05) is 0 Å². The summed E-state index contributed by atoms with van der Waals surface area (Å²) in [5.41, 5.74) is -0.815. The quantitative estimate of drug-likeness (QED) is 0.876. The van der Waals surface area contributed by atoms with Gasteiger partial charge in [-0.1, -0.05) is 11.2 Å². The van der Waals surface area contributed by atoms with E-state index in [9.17, 15) is 18.0 Å². The predicted octanol–water partition coefficient (Wildman–Crippen LogP) is 4.07. The highest BCUT2D eigenvalue weighted by Gasteiger charge is 2.30. The summed E-state index contributed by atoms with van der Waals surface area (Å²) in [6, 6.07) is 5.09. The maximum atomic E-state index is 12.5. The third kappa shape index (κ3) is 4.67. The summed E-state index contributed by atoms with van der Waals surface area (Å²) in [7, 11) is 0. The summed E-state index contributed by atoms with van der Waals surface area (Å²) in [5.74, 6) is 0.673. The standard InChI is InChI=1S/C12H10F3N3O2.ClH/c1-7-5-10(18-20-7)17-11(19)16-9-4-2-3-8(6-9)12(13,14)15;/h2-6H,1H3,(H2,16,17,18,19);1H. The number of anilines is 2. The van der Waals surface area contributed by atoms with Gasteiger partial charge in [-0.05, 0) is 25.1 Å². The van der Waals surface area contributed by atoms with Crippen molar-refractivity contribution in [1.29, 1.82) is 0 Å². The molecule has 21 heavy (non-hydrogen) atoms. The van der Waals surface area contributed by atoms with Crippen molar-refractivity contribution in [3.63, 3.8) is 0 Å². The highest BCUT2D eigenvalue weighted by molar-refractivity contribution is 5.99. The molecule has 0 atom stereocenters. The number of amides is 2. The van der Waals surface area contributed by atoms with Gasteiger partial charge in [-0.3, -0.25) is 5.32 Å². The van der Waals surface area contributed by atoms with Gasteiger partial charge >= 0.3 is 12.2 Å². The van der Waals surface area contributed by atoms with Crippen LogP contribution in [0.3, 0.4) is 0 Å². The number of halogens is 4. The number of rotatable bonds is 2. The van der Waals surface area contributed by atoms with Gasteiger partial charge in [0, 0.05) is 11.8 Å². The Bertz CT molecular complexity index is 628. The fourth-order valence-corrected chi connectivity index (χ4v) is 1.48. The van der Waals surface area contributed by atoms with Gasteiger partial charge in [0.05, 0.1) is 5.56 Å². The number of benzene rings is 1. The van der Waals surface area contributed by atoms with E-state index in [0.29, 0.717) is 5.76 Å². The van der Waals surface area contributed by atoms with Gasteiger partial charge in [0.15, 0.2) is 5.82 Å². The van der Waals surface area contributed by atoms with Gasteiger partial charge in [0.1, 0.15) is 5.76 Å². The summed E-state index contributed by atoms with van der Waals surface area (Å²) in [6.07, 6.45) is -4.46. The van der Waals surface area contributed by atoms with E-state index in [1.165, 1.54) is 18.2 Å². The molecule has 1 heterocycles. The third-order valence-corrected chi connectivity index (χ3v) is 2.32. The number of nitrogens with one attached hydrogen (secondary N) is 2. The lowest BCUT2D eigenvalue weighted by Crippen LogP contribution is -2.20. The zero-order valence-electron chi connectivity index (χ0n) is 10.7. The van der Waals surface area contributed by atoms with E-state index in [4.69, 9.17) is 4.52 Å². The van der Waals surface area contributed by atoms with Crippen LogP contribution >= 0.6 is 12.4 Å². The molecule has 2 rings (SSSR count). The monoisotopic (exact) mass is 321 g/mol. The summed E-state index contributed by atoms with van der Waals surface area (Å²) in [5, 5.41) is 8.14. The van der Waals surface area contributed by atoms with E-state index in [0.717, 1.165) is 12.1 Å². The SMILES string of the molecule is Cc1cc(NC(=O)Nc2cccc(C(F)(F)F)c2)no1.Cl. The van der Waals surface area contributed by atoms with Crippen LogP contribution in [0, 0.1) is 6.92 Å². The van der Waals surface area contributed by atoms with Crippen LogP contribution in [0.4, 0.5) is 29.5 Å². The Morgan fingerprint density at radius 2 is 1.95 bits per heavy atom. The van der Waals surface area contributed by atoms with E-state index in [-0.39, 0.29) is 23.9 Å². The average Bonchev–Trinajstić information content (AvgIpc) is 2.73. The van der Waals surface area contributed by atoms with Gasteiger partial charge in [-0.15, -0.1) is 12.4 Å². The van der Waals surface area contributed by atoms with Crippen molar-refractivity contribution >= 4 is 29.9 Å². The van der Waals surface area contributed by atoms with E-state index in [2.05, 4.69) is 15.8 Å². The minimum absolute atomic E-state index is 0. The number of hydrogen-bond acceptors (Lipinski definition) is 3. The molecular weight excluding hydrogens is 311 g/mol. The molecule has 0 aliphatic heterocycles. The number of carbonyl (C=O) groups is 1. The number of urea groups is 1. The van der Waals surface area contributed by atoms with E-state index >= 15 is 0 Å². The Morgan fingerprint density at radius 1 is 1.24 bits per heavy atom. The summed E-state index contributed by atoms with van der Waals surface area (Å²) < 4.78 is 42.3. The molecule has 0 radical (unpaired) electrons. The van der Waals surface area contributed by atoms with Crippen molar-refractivity contribution in [2.24, 2.45) is 0 Å². The number of hydrogen-bond donors (Lipinski definition) is 2. The van der Waals surface area contributed by atoms with Gasteiger partial charge in [0.2, 0.25) is 0 Å².